The van der Waals surface area contributed by atoms with Gasteiger partial charge in [-0.25, -0.2) is 4.79 Å². The largest absolute Gasteiger partial charge is 0.449 e. The number of aliphatic hydroxyl groups excluding tert-OH is 2. The first-order valence-electron chi connectivity index (χ1n) is 9.16. The van der Waals surface area contributed by atoms with Crippen LogP contribution in [0.4, 0.5) is 4.79 Å². The van der Waals surface area contributed by atoms with Crippen LogP contribution in [0.2, 0.25) is 0 Å². The monoisotopic (exact) mass is 369 g/mol. The maximum absolute atomic E-state index is 12.3. The van der Waals surface area contributed by atoms with Crippen molar-refractivity contribution >= 4 is 6.09 Å². The second kappa shape index (κ2) is 7.31. The number of carbonyl (C=O) groups is 1. The fraction of sp³-hybridized carbons (Fsp3) is 0.381. The highest BCUT2D eigenvalue weighted by Gasteiger charge is 2.42. The van der Waals surface area contributed by atoms with Crippen LogP contribution in [0.3, 0.4) is 0 Å². The van der Waals surface area contributed by atoms with Crippen molar-refractivity contribution in [2.75, 3.05) is 13.2 Å². The fourth-order valence-corrected chi connectivity index (χ4v) is 4.08. The molecule has 0 aromatic heterocycles. The Labute approximate surface area is 157 Å². The van der Waals surface area contributed by atoms with Crippen molar-refractivity contribution in [3.8, 4) is 11.1 Å². The Morgan fingerprint density at radius 3 is 2.26 bits per heavy atom. The molecule has 2 aliphatic rings. The third-order valence-corrected chi connectivity index (χ3v) is 5.45. The van der Waals surface area contributed by atoms with Crippen molar-refractivity contribution in [3.05, 3.63) is 59.7 Å². The summed E-state index contributed by atoms with van der Waals surface area (Å²) >= 11 is 0. The van der Waals surface area contributed by atoms with Crippen molar-refractivity contribution in [3.63, 3.8) is 0 Å². The third-order valence-electron chi connectivity index (χ3n) is 5.45. The molecule has 0 saturated carbocycles. The van der Waals surface area contributed by atoms with E-state index in [-0.39, 0.29) is 19.1 Å². The molecule has 4 atom stereocenters. The van der Waals surface area contributed by atoms with Crippen molar-refractivity contribution in [2.24, 2.45) is 0 Å². The number of ether oxygens (including phenoxy) is 2. The Morgan fingerprint density at radius 1 is 1.11 bits per heavy atom. The first-order chi connectivity index (χ1) is 13.1. The average molecular weight is 369 g/mol. The number of fused-ring (bicyclic) bond motifs is 3. The molecule has 1 fully saturated rings. The van der Waals surface area contributed by atoms with Crippen molar-refractivity contribution in [1.82, 2.24) is 5.32 Å². The minimum Gasteiger partial charge on any atom is -0.449 e. The molecule has 4 rings (SSSR count). The number of alkyl carbamates (subject to hydrolysis) is 1. The van der Waals surface area contributed by atoms with E-state index in [9.17, 15) is 15.0 Å². The van der Waals surface area contributed by atoms with E-state index in [0.29, 0.717) is 0 Å². The zero-order chi connectivity index (χ0) is 19.0. The van der Waals surface area contributed by atoms with Gasteiger partial charge in [0.05, 0.1) is 18.8 Å². The number of amides is 1. The van der Waals surface area contributed by atoms with Gasteiger partial charge in [-0.15, -0.1) is 0 Å². The summed E-state index contributed by atoms with van der Waals surface area (Å²) < 4.78 is 10.9. The molecule has 1 saturated heterocycles. The average Bonchev–Trinajstić information content (AvgIpc) is 3.15. The molecule has 0 spiro atoms. The molecule has 1 heterocycles. The highest BCUT2D eigenvalue weighted by atomic mass is 16.6. The molecule has 1 amide bonds. The zero-order valence-electron chi connectivity index (χ0n) is 15.0. The Balaban J connectivity index is 1.44. The predicted octanol–water partition coefficient (Wildman–Crippen LogP) is 2.03. The van der Waals surface area contributed by atoms with Gasteiger partial charge in [0.1, 0.15) is 18.8 Å². The van der Waals surface area contributed by atoms with Crippen LogP contribution in [0.15, 0.2) is 48.5 Å². The van der Waals surface area contributed by atoms with E-state index in [1.54, 1.807) is 6.92 Å². The summed E-state index contributed by atoms with van der Waals surface area (Å²) in [5, 5.41) is 22.0. The van der Waals surface area contributed by atoms with E-state index in [4.69, 9.17) is 9.47 Å². The summed E-state index contributed by atoms with van der Waals surface area (Å²) in [6.07, 6.45) is -2.67. The molecule has 6 nitrogen and oxygen atoms in total. The summed E-state index contributed by atoms with van der Waals surface area (Å²) in [6.45, 7) is 1.66. The van der Waals surface area contributed by atoms with Crippen molar-refractivity contribution < 1.29 is 24.5 Å². The van der Waals surface area contributed by atoms with Crippen LogP contribution in [0.1, 0.15) is 24.0 Å². The van der Waals surface area contributed by atoms with Gasteiger partial charge in [0, 0.05) is 5.92 Å². The van der Waals surface area contributed by atoms with Gasteiger partial charge in [0.15, 0.2) is 0 Å². The molecule has 2 aromatic rings. The minimum absolute atomic E-state index is 0.0180. The summed E-state index contributed by atoms with van der Waals surface area (Å²) in [5.74, 6) is -0.0180. The minimum atomic E-state index is -0.967. The molecule has 2 aromatic carbocycles. The Kier molecular flexibility index (Phi) is 4.86. The third kappa shape index (κ3) is 3.20. The van der Waals surface area contributed by atoms with Gasteiger partial charge in [-0.2, -0.15) is 0 Å². The predicted molar refractivity (Wildman–Crippen MR) is 99.4 cm³/mol. The van der Waals surface area contributed by atoms with E-state index >= 15 is 0 Å². The van der Waals surface area contributed by atoms with Gasteiger partial charge in [0.2, 0.25) is 0 Å². The second-order valence-corrected chi connectivity index (χ2v) is 7.05. The molecule has 3 N–H and O–H groups in total. The molecule has 6 heteroatoms. The lowest BCUT2D eigenvalue weighted by molar-refractivity contribution is -0.0170. The first-order valence-corrected chi connectivity index (χ1v) is 9.16. The fourth-order valence-electron chi connectivity index (χ4n) is 4.08. The van der Waals surface area contributed by atoms with Crippen LogP contribution < -0.4 is 5.32 Å². The number of aliphatic hydroxyl groups is 2. The highest BCUT2D eigenvalue weighted by Crippen LogP contribution is 2.44. The van der Waals surface area contributed by atoms with Crippen LogP contribution in [-0.4, -0.2) is 53.9 Å². The van der Waals surface area contributed by atoms with Crippen LogP contribution in [-0.2, 0) is 9.47 Å². The number of benzene rings is 2. The van der Waals surface area contributed by atoms with Crippen LogP contribution in [0.5, 0.6) is 0 Å². The molecule has 142 valence electrons. The molecule has 1 aliphatic carbocycles. The van der Waals surface area contributed by atoms with Crippen molar-refractivity contribution in [1.29, 1.82) is 0 Å². The van der Waals surface area contributed by atoms with Gasteiger partial charge in [-0.05, 0) is 29.2 Å². The van der Waals surface area contributed by atoms with Crippen LogP contribution in [0, 0.1) is 0 Å². The molecular formula is C21H23NO5. The molecular weight excluding hydrogens is 346 g/mol. The quantitative estimate of drug-likeness (QED) is 0.768. The summed E-state index contributed by atoms with van der Waals surface area (Å²) in [4.78, 5) is 12.3. The smallest absolute Gasteiger partial charge is 0.407 e. The maximum atomic E-state index is 12.3. The number of nitrogens with one attached hydrogen (secondary N) is 1. The van der Waals surface area contributed by atoms with Crippen molar-refractivity contribution in [2.45, 2.75) is 37.2 Å². The first kappa shape index (κ1) is 18.0. The van der Waals surface area contributed by atoms with Gasteiger partial charge >= 0.3 is 6.09 Å². The highest BCUT2D eigenvalue weighted by molar-refractivity contribution is 5.79. The Bertz CT molecular complexity index is 793. The molecule has 0 bridgehead atoms. The van der Waals surface area contributed by atoms with Crippen LogP contribution >= 0.6 is 0 Å². The second-order valence-electron chi connectivity index (χ2n) is 7.05. The lowest BCUT2D eigenvalue weighted by Gasteiger charge is -2.20. The molecule has 1 aliphatic heterocycles. The molecule has 0 radical (unpaired) electrons. The van der Waals surface area contributed by atoms with E-state index in [1.165, 1.54) is 11.1 Å². The lowest BCUT2D eigenvalue weighted by atomic mass is 9.98. The number of hydrogen-bond donors (Lipinski definition) is 3. The maximum Gasteiger partial charge on any atom is 0.407 e. The van der Waals surface area contributed by atoms with E-state index in [1.807, 2.05) is 24.3 Å². The van der Waals surface area contributed by atoms with Gasteiger partial charge < -0.3 is 25.0 Å². The standard InChI is InChI=1S/C21H23NO5/c1-12-19(20(24)18(10-23)27-12)22-21(25)26-11-17-15-8-4-2-6-13(15)14-7-3-5-9-16(14)17/h2-9,12,17-20,23-24H,10-11H2,1H3,(H,22,25)/t12-,18+,19?,20?/m0/s1. The Hall–Kier alpha value is -2.41. The number of carbonyl (C=O) groups excluding carboxylic acids is 1. The number of hydrogen-bond acceptors (Lipinski definition) is 5. The molecule has 27 heavy (non-hydrogen) atoms. The SMILES string of the molecule is C[C@@H]1O[C@H](CO)C(O)C1NC(=O)OCC1c2ccccc2-c2ccccc21. The molecule has 2 unspecified atom stereocenters. The topological polar surface area (TPSA) is 88.0 Å². The van der Waals surface area contributed by atoms with E-state index < -0.39 is 30.4 Å². The van der Waals surface area contributed by atoms with Gasteiger partial charge in [-0.1, -0.05) is 48.5 Å². The summed E-state index contributed by atoms with van der Waals surface area (Å²) in [5.41, 5.74) is 4.62. The van der Waals surface area contributed by atoms with Gasteiger partial charge in [-0.3, -0.25) is 0 Å². The Morgan fingerprint density at radius 2 is 1.70 bits per heavy atom. The van der Waals surface area contributed by atoms with E-state index in [2.05, 4.69) is 29.6 Å². The lowest BCUT2D eigenvalue weighted by Crippen LogP contribution is -2.47. The van der Waals surface area contributed by atoms with Crippen LogP contribution in [0.25, 0.3) is 11.1 Å². The normalized spacial score (nSPS) is 26.5. The van der Waals surface area contributed by atoms with Gasteiger partial charge in [0.25, 0.3) is 0 Å². The zero-order valence-corrected chi connectivity index (χ0v) is 15.0. The summed E-state index contributed by atoms with van der Waals surface area (Å²) in [6, 6.07) is 15.7. The summed E-state index contributed by atoms with van der Waals surface area (Å²) in [7, 11) is 0. The number of rotatable bonds is 4. The van der Waals surface area contributed by atoms with E-state index in [0.717, 1.165) is 11.1 Å².